The Bertz CT molecular complexity index is 983. The highest BCUT2D eigenvalue weighted by Gasteiger charge is 2.24. The first-order valence-electron chi connectivity index (χ1n) is 8.42. The number of nitrogens with one attached hydrogen (secondary N) is 2. The van der Waals surface area contributed by atoms with Crippen LogP contribution in [0.4, 0.5) is 0 Å². The van der Waals surface area contributed by atoms with Crippen LogP contribution in [0.1, 0.15) is 30.4 Å². The van der Waals surface area contributed by atoms with Crippen LogP contribution in [0, 0.1) is 0 Å². The molecule has 0 saturated carbocycles. The van der Waals surface area contributed by atoms with Crippen molar-refractivity contribution in [1.29, 1.82) is 0 Å². The lowest BCUT2D eigenvalue weighted by atomic mass is 9.92. The summed E-state index contributed by atoms with van der Waals surface area (Å²) in [4.78, 5) is 15.5. The Morgan fingerprint density at radius 3 is 2.68 bits per heavy atom. The van der Waals surface area contributed by atoms with Crippen LogP contribution in [-0.2, 0) is 4.79 Å². The number of amides is 1. The summed E-state index contributed by atoms with van der Waals surface area (Å²) < 4.78 is 0. The summed E-state index contributed by atoms with van der Waals surface area (Å²) in [6.07, 6.45) is 4.58. The van der Waals surface area contributed by atoms with Gasteiger partial charge in [-0.1, -0.05) is 55.5 Å². The van der Waals surface area contributed by atoms with Crippen molar-refractivity contribution in [2.24, 2.45) is 5.10 Å². The third-order valence-corrected chi connectivity index (χ3v) is 4.64. The van der Waals surface area contributed by atoms with Crippen LogP contribution in [0.25, 0.3) is 17.0 Å². The molecular weight excluding hydrogens is 310 g/mol. The number of rotatable bonds is 4. The van der Waals surface area contributed by atoms with Crippen molar-refractivity contribution in [2.45, 2.75) is 19.3 Å². The number of aromatic amines is 1. The molecule has 2 aromatic carbocycles. The van der Waals surface area contributed by atoms with E-state index in [0.717, 1.165) is 28.6 Å². The molecule has 0 bridgehead atoms. The topological polar surface area (TPSA) is 57.2 Å². The molecule has 0 fully saturated rings. The summed E-state index contributed by atoms with van der Waals surface area (Å²) >= 11 is 0. The Kier molecular flexibility index (Phi) is 3.94. The van der Waals surface area contributed by atoms with Gasteiger partial charge in [0.1, 0.15) is 0 Å². The van der Waals surface area contributed by atoms with Gasteiger partial charge < -0.3 is 4.98 Å². The molecule has 0 spiro atoms. The zero-order valence-electron chi connectivity index (χ0n) is 14.0. The number of carbonyl (C=O) groups is 1. The lowest BCUT2D eigenvalue weighted by Gasteiger charge is -2.11. The summed E-state index contributed by atoms with van der Waals surface area (Å²) in [5.41, 5.74) is 7.37. The molecule has 1 aliphatic heterocycles. The molecule has 3 aromatic rings. The molecule has 2 N–H and O–H groups in total. The van der Waals surface area contributed by atoms with Gasteiger partial charge in [-0.05, 0) is 30.0 Å². The van der Waals surface area contributed by atoms with Gasteiger partial charge in [0, 0.05) is 22.7 Å². The maximum Gasteiger partial charge on any atom is 0.273 e. The Morgan fingerprint density at radius 2 is 1.84 bits per heavy atom. The van der Waals surface area contributed by atoms with Crippen LogP contribution in [0.5, 0.6) is 0 Å². The van der Waals surface area contributed by atoms with Crippen molar-refractivity contribution in [3.8, 4) is 0 Å². The van der Waals surface area contributed by atoms with Crippen molar-refractivity contribution in [1.82, 2.24) is 10.4 Å². The van der Waals surface area contributed by atoms with Gasteiger partial charge in [-0.15, -0.1) is 0 Å². The van der Waals surface area contributed by atoms with E-state index in [9.17, 15) is 4.79 Å². The minimum absolute atomic E-state index is 0.138. The first-order valence-corrected chi connectivity index (χ1v) is 8.42. The Labute approximate surface area is 146 Å². The third-order valence-electron chi connectivity index (χ3n) is 4.64. The number of fused-ring (bicyclic) bond motifs is 1. The zero-order chi connectivity index (χ0) is 17.2. The molecule has 0 radical (unpaired) electrons. The highest BCUT2D eigenvalue weighted by molar-refractivity contribution is 6.28. The van der Waals surface area contributed by atoms with E-state index in [1.54, 1.807) is 0 Å². The molecule has 1 amide bonds. The summed E-state index contributed by atoms with van der Waals surface area (Å²) in [7, 11) is 0. The maximum absolute atomic E-state index is 12.3. The van der Waals surface area contributed by atoms with E-state index in [1.165, 1.54) is 5.56 Å². The van der Waals surface area contributed by atoms with Gasteiger partial charge in [-0.2, -0.15) is 5.10 Å². The number of hydrogen-bond donors (Lipinski definition) is 2. The molecule has 4 rings (SSSR count). The van der Waals surface area contributed by atoms with E-state index in [4.69, 9.17) is 0 Å². The van der Waals surface area contributed by atoms with Gasteiger partial charge in [0.15, 0.2) is 0 Å². The van der Waals surface area contributed by atoms with E-state index in [-0.39, 0.29) is 5.91 Å². The van der Waals surface area contributed by atoms with Crippen LogP contribution in [-0.4, -0.2) is 16.6 Å². The second-order valence-electron chi connectivity index (χ2n) is 6.36. The summed E-state index contributed by atoms with van der Waals surface area (Å²) in [6.45, 7) is 2.16. The molecule has 4 nitrogen and oxygen atoms in total. The Hall–Kier alpha value is -3.14. The summed E-state index contributed by atoms with van der Waals surface area (Å²) in [5.74, 6) is 0.152. The number of hydrogen-bond acceptors (Lipinski definition) is 2. The van der Waals surface area contributed by atoms with Gasteiger partial charge in [0.05, 0.1) is 11.3 Å². The van der Waals surface area contributed by atoms with E-state index >= 15 is 0 Å². The number of H-pyrrole nitrogens is 1. The van der Waals surface area contributed by atoms with E-state index < -0.39 is 0 Å². The van der Waals surface area contributed by atoms with Gasteiger partial charge in [0.25, 0.3) is 5.91 Å². The van der Waals surface area contributed by atoms with Gasteiger partial charge in [-0.25, -0.2) is 5.43 Å². The third kappa shape index (κ3) is 2.98. The SMILES string of the molecule is CC(CC1=NNC(=O)C1=Cc1c[nH]c2ccccc12)c1ccccc1. The smallest absolute Gasteiger partial charge is 0.273 e. The van der Waals surface area contributed by atoms with E-state index in [1.807, 2.05) is 48.7 Å². The van der Waals surface area contributed by atoms with Crippen molar-refractivity contribution in [2.75, 3.05) is 0 Å². The predicted molar refractivity (Wildman–Crippen MR) is 101 cm³/mol. The molecule has 25 heavy (non-hydrogen) atoms. The monoisotopic (exact) mass is 329 g/mol. The molecule has 0 saturated heterocycles. The number of hydrazone groups is 1. The summed E-state index contributed by atoms with van der Waals surface area (Å²) in [6, 6.07) is 18.4. The van der Waals surface area contributed by atoms with Crippen molar-refractivity contribution < 1.29 is 4.79 Å². The van der Waals surface area contributed by atoms with E-state index in [2.05, 4.69) is 40.6 Å². The van der Waals surface area contributed by atoms with Crippen molar-refractivity contribution in [3.63, 3.8) is 0 Å². The average Bonchev–Trinajstić information content (AvgIpc) is 3.21. The van der Waals surface area contributed by atoms with Gasteiger partial charge in [0.2, 0.25) is 0 Å². The molecular formula is C21H19N3O. The second-order valence-corrected chi connectivity index (χ2v) is 6.36. The van der Waals surface area contributed by atoms with Gasteiger partial charge >= 0.3 is 0 Å². The average molecular weight is 329 g/mol. The molecule has 124 valence electrons. The molecule has 1 aliphatic rings. The Balaban J connectivity index is 1.64. The first-order chi connectivity index (χ1) is 12.2. The minimum Gasteiger partial charge on any atom is -0.361 e. The molecule has 1 aromatic heterocycles. The molecule has 1 unspecified atom stereocenters. The number of nitrogens with zero attached hydrogens (tertiary/aromatic N) is 1. The lowest BCUT2D eigenvalue weighted by Crippen LogP contribution is -2.14. The zero-order valence-corrected chi connectivity index (χ0v) is 14.0. The first kappa shape index (κ1) is 15.4. The van der Waals surface area contributed by atoms with Crippen molar-refractivity contribution in [3.05, 3.63) is 77.5 Å². The standard InChI is InChI=1S/C21H19N3O/c1-14(15-7-3-2-4-8-15)11-20-18(21(25)24-23-20)12-16-13-22-19-10-6-5-9-17(16)19/h2-10,12-14,22H,11H2,1H3,(H,24,25). The number of carbonyl (C=O) groups excluding carboxylic acids is 1. The molecule has 2 heterocycles. The fraction of sp³-hybridized carbons (Fsp3) is 0.143. The largest absolute Gasteiger partial charge is 0.361 e. The van der Waals surface area contributed by atoms with Crippen molar-refractivity contribution >= 4 is 28.6 Å². The lowest BCUT2D eigenvalue weighted by molar-refractivity contribution is -0.116. The highest BCUT2D eigenvalue weighted by Crippen LogP contribution is 2.26. The quantitative estimate of drug-likeness (QED) is 0.691. The predicted octanol–water partition coefficient (Wildman–Crippen LogP) is 4.23. The highest BCUT2D eigenvalue weighted by atomic mass is 16.2. The summed E-state index contributed by atoms with van der Waals surface area (Å²) in [5, 5.41) is 5.36. The van der Waals surface area contributed by atoms with Gasteiger partial charge in [-0.3, -0.25) is 4.79 Å². The van der Waals surface area contributed by atoms with Crippen LogP contribution in [0.3, 0.4) is 0 Å². The fourth-order valence-corrected chi connectivity index (χ4v) is 3.23. The van der Waals surface area contributed by atoms with Crippen LogP contribution in [0.15, 0.2) is 71.5 Å². The second kappa shape index (κ2) is 6.40. The minimum atomic E-state index is -0.138. The molecule has 1 atom stereocenters. The maximum atomic E-state index is 12.3. The Morgan fingerprint density at radius 1 is 1.08 bits per heavy atom. The van der Waals surface area contributed by atoms with Crippen LogP contribution >= 0.6 is 0 Å². The number of benzene rings is 2. The van der Waals surface area contributed by atoms with Crippen LogP contribution in [0.2, 0.25) is 0 Å². The fourth-order valence-electron chi connectivity index (χ4n) is 3.23. The molecule has 4 heteroatoms. The molecule has 0 aliphatic carbocycles. The van der Waals surface area contributed by atoms with E-state index in [0.29, 0.717) is 11.5 Å². The van der Waals surface area contributed by atoms with Crippen LogP contribution < -0.4 is 5.43 Å². The number of para-hydroxylation sites is 1. The normalized spacial score (nSPS) is 16.9. The number of aromatic nitrogens is 1.